The summed E-state index contributed by atoms with van der Waals surface area (Å²) in [5, 5.41) is 23.3. The summed E-state index contributed by atoms with van der Waals surface area (Å²) in [6, 6.07) is 15.0. The molecule has 7 nitrogen and oxygen atoms in total. The van der Waals surface area contributed by atoms with E-state index in [4.69, 9.17) is 10.2 Å². The summed E-state index contributed by atoms with van der Waals surface area (Å²) in [6.07, 6.45) is 0.828. The highest BCUT2D eigenvalue weighted by molar-refractivity contribution is 5.87. The number of benzene rings is 2. The predicted octanol–water partition coefficient (Wildman–Crippen LogP) is 2.66. The molecule has 2 aromatic carbocycles. The molecule has 0 radical (unpaired) electrons. The van der Waals surface area contributed by atoms with Gasteiger partial charge in [-0.1, -0.05) is 42.5 Å². The van der Waals surface area contributed by atoms with Crippen LogP contribution in [-0.4, -0.2) is 34.2 Å². The number of amides is 2. The molecule has 4 N–H and O–H groups in total. The van der Waals surface area contributed by atoms with E-state index in [2.05, 4.69) is 10.6 Å². The number of carbonyl (C=O) groups is 3. The zero-order chi connectivity index (χ0) is 19.6. The number of hydrogen-bond donors (Lipinski definition) is 4. The highest BCUT2D eigenvalue weighted by Gasteiger charge is 2.14. The van der Waals surface area contributed by atoms with Gasteiger partial charge < -0.3 is 20.8 Å². The first-order valence-electron chi connectivity index (χ1n) is 8.56. The summed E-state index contributed by atoms with van der Waals surface area (Å²) in [6.45, 7) is 0.239. The van der Waals surface area contributed by atoms with Crippen LogP contribution in [0.15, 0.2) is 54.6 Å². The van der Waals surface area contributed by atoms with Gasteiger partial charge in [0.25, 0.3) is 0 Å². The van der Waals surface area contributed by atoms with Crippen LogP contribution in [-0.2, 0) is 17.8 Å². The predicted molar refractivity (Wildman–Crippen MR) is 99.6 cm³/mol. The number of urea groups is 1. The Morgan fingerprint density at radius 3 is 2.15 bits per heavy atom. The van der Waals surface area contributed by atoms with Gasteiger partial charge in [-0.25, -0.2) is 9.59 Å². The van der Waals surface area contributed by atoms with Gasteiger partial charge in [-0.05, 0) is 36.1 Å². The molecule has 0 saturated carbocycles. The van der Waals surface area contributed by atoms with E-state index in [9.17, 15) is 14.4 Å². The van der Waals surface area contributed by atoms with Crippen LogP contribution in [0.1, 0.15) is 34.3 Å². The van der Waals surface area contributed by atoms with Crippen molar-refractivity contribution in [3.05, 3.63) is 71.3 Å². The van der Waals surface area contributed by atoms with Crippen molar-refractivity contribution in [3.8, 4) is 0 Å². The molecule has 27 heavy (non-hydrogen) atoms. The van der Waals surface area contributed by atoms with Crippen molar-refractivity contribution < 1.29 is 24.6 Å². The molecule has 1 atom stereocenters. The molecule has 142 valence electrons. The van der Waals surface area contributed by atoms with Gasteiger partial charge in [-0.3, -0.25) is 4.79 Å². The van der Waals surface area contributed by atoms with E-state index in [0.717, 1.165) is 11.1 Å². The quantitative estimate of drug-likeness (QED) is 0.542. The molecule has 2 aromatic rings. The number of aromatic carboxylic acids is 1. The van der Waals surface area contributed by atoms with E-state index in [1.54, 1.807) is 12.1 Å². The molecule has 0 saturated heterocycles. The van der Waals surface area contributed by atoms with Crippen LogP contribution in [0, 0.1) is 0 Å². The maximum atomic E-state index is 12.2. The highest BCUT2D eigenvalue weighted by Crippen LogP contribution is 2.08. The monoisotopic (exact) mass is 370 g/mol. The minimum Gasteiger partial charge on any atom is -0.481 e. The Morgan fingerprint density at radius 1 is 0.889 bits per heavy atom. The van der Waals surface area contributed by atoms with Crippen molar-refractivity contribution in [2.75, 3.05) is 0 Å². The molecule has 0 aliphatic heterocycles. The number of aliphatic carboxylic acids is 1. The van der Waals surface area contributed by atoms with E-state index in [1.165, 1.54) is 12.1 Å². The topological polar surface area (TPSA) is 116 Å². The molecule has 0 fully saturated rings. The summed E-state index contributed by atoms with van der Waals surface area (Å²) >= 11 is 0. The third kappa shape index (κ3) is 7.19. The van der Waals surface area contributed by atoms with Crippen molar-refractivity contribution in [1.82, 2.24) is 10.6 Å². The second-order valence-electron chi connectivity index (χ2n) is 6.15. The van der Waals surface area contributed by atoms with Gasteiger partial charge in [0.05, 0.1) is 5.56 Å². The zero-order valence-electron chi connectivity index (χ0n) is 14.7. The number of rotatable bonds is 9. The lowest BCUT2D eigenvalue weighted by molar-refractivity contribution is -0.137. The van der Waals surface area contributed by atoms with Crippen molar-refractivity contribution in [1.29, 1.82) is 0 Å². The molecule has 1 unspecified atom stereocenters. The molecule has 2 amide bonds. The smallest absolute Gasteiger partial charge is 0.335 e. The van der Waals surface area contributed by atoms with Gasteiger partial charge in [0.1, 0.15) is 0 Å². The number of nitrogens with one attached hydrogen (secondary N) is 2. The molecule has 0 aliphatic carbocycles. The first kappa shape index (κ1) is 20.0. The van der Waals surface area contributed by atoms with Crippen LogP contribution >= 0.6 is 0 Å². The minimum atomic E-state index is -1.01. The lowest BCUT2D eigenvalue weighted by Gasteiger charge is -2.19. The SMILES string of the molecule is O=C(O)CCC(Cc1ccccc1)NC(=O)NCc1ccc(C(=O)O)cc1. The number of carboxylic acids is 2. The standard InChI is InChI=1S/C20H22N2O5/c23-18(24)11-10-17(12-14-4-2-1-3-5-14)22-20(27)21-13-15-6-8-16(9-7-15)19(25)26/h1-9,17H,10-13H2,(H,23,24)(H,25,26)(H2,21,22,27). The molecule has 0 bridgehead atoms. The van der Waals surface area contributed by atoms with Crippen LogP contribution in [0.2, 0.25) is 0 Å². The maximum absolute atomic E-state index is 12.2. The normalized spacial score (nSPS) is 11.4. The lowest BCUT2D eigenvalue weighted by atomic mass is 10.0. The average molecular weight is 370 g/mol. The lowest BCUT2D eigenvalue weighted by Crippen LogP contribution is -2.43. The summed E-state index contributed by atoms with van der Waals surface area (Å²) in [7, 11) is 0. The van der Waals surface area contributed by atoms with Crippen LogP contribution in [0.25, 0.3) is 0 Å². The van der Waals surface area contributed by atoms with E-state index >= 15 is 0 Å². The van der Waals surface area contributed by atoms with Crippen molar-refractivity contribution >= 4 is 18.0 Å². The van der Waals surface area contributed by atoms with Gasteiger partial charge in [-0.15, -0.1) is 0 Å². The maximum Gasteiger partial charge on any atom is 0.335 e. The summed E-state index contributed by atoms with van der Waals surface area (Å²) in [4.78, 5) is 33.9. The van der Waals surface area contributed by atoms with Crippen molar-refractivity contribution in [3.63, 3.8) is 0 Å². The fourth-order valence-electron chi connectivity index (χ4n) is 2.61. The van der Waals surface area contributed by atoms with Crippen molar-refractivity contribution in [2.24, 2.45) is 0 Å². The largest absolute Gasteiger partial charge is 0.481 e. The van der Waals surface area contributed by atoms with E-state index in [0.29, 0.717) is 12.8 Å². The Balaban J connectivity index is 1.89. The Bertz CT molecular complexity index is 775. The second-order valence-corrected chi connectivity index (χ2v) is 6.15. The number of carboxylic acid groups (broad SMARTS) is 2. The Labute approximate surface area is 157 Å². The molecule has 0 aromatic heterocycles. The Hall–Kier alpha value is -3.35. The number of carbonyl (C=O) groups excluding carboxylic acids is 1. The van der Waals surface area contributed by atoms with E-state index in [1.807, 2.05) is 30.3 Å². The van der Waals surface area contributed by atoms with Gasteiger partial charge in [0.2, 0.25) is 0 Å². The van der Waals surface area contributed by atoms with E-state index in [-0.39, 0.29) is 24.6 Å². The van der Waals surface area contributed by atoms with Gasteiger partial charge in [0.15, 0.2) is 0 Å². The fourth-order valence-corrected chi connectivity index (χ4v) is 2.61. The molecule has 0 heterocycles. The number of hydrogen-bond acceptors (Lipinski definition) is 3. The van der Waals surface area contributed by atoms with Gasteiger partial charge >= 0.3 is 18.0 Å². The van der Waals surface area contributed by atoms with Gasteiger partial charge in [0, 0.05) is 19.0 Å². The Morgan fingerprint density at radius 2 is 1.56 bits per heavy atom. The average Bonchev–Trinajstić information content (AvgIpc) is 2.65. The highest BCUT2D eigenvalue weighted by atomic mass is 16.4. The van der Waals surface area contributed by atoms with Crippen LogP contribution in [0.5, 0.6) is 0 Å². The van der Waals surface area contributed by atoms with Gasteiger partial charge in [-0.2, -0.15) is 0 Å². The van der Waals surface area contributed by atoms with Crippen LogP contribution in [0.3, 0.4) is 0 Å². The summed E-state index contributed by atoms with van der Waals surface area (Å²) in [5.74, 6) is -1.91. The third-order valence-corrected chi connectivity index (χ3v) is 4.02. The Kier molecular flexibility index (Phi) is 7.37. The van der Waals surface area contributed by atoms with Crippen LogP contribution in [0.4, 0.5) is 4.79 Å². The third-order valence-electron chi connectivity index (χ3n) is 4.02. The second kappa shape index (κ2) is 9.96. The van der Waals surface area contributed by atoms with Crippen molar-refractivity contribution in [2.45, 2.75) is 31.8 Å². The summed E-state index contributed by atoms with van der Waals surface area (Å²) in [5.41, 5.74) is 1.96. The molecular formula is C20H22N2O5. The first-order chi connectivity index (χ1) is 12.9. The molecule has 0 aliphatic rings. The van der Waals surface area contributed by atoms with Crippen LogP contribution < -0.4 is 10.6 Å². The molecule has 7 heteroatoms. The molecule has 2 rings (SSSR count). The van der Waals surface area contributed by atoms with E-state index < -0.39 is 18.0 Å². The zero-order valence-corrected chi connectivity index (χ0v) is 14.7. The molecular weight excluding hydrogens is 348 g/mol. The first-order valence-corrected chi connectivity index (χ1v) is 8.56. The summed E-state index contributed by atoms with van der Waals surface area (Å²) < 4.78 is 0. The fraction of sp³-hybridized carbons (Fsp3) is 0.250. The molecule has 0 spiro atoms. The minimum absolute atomic E-state index is 0.0333.